The molecule has 0 radical (unpaired) electrons. The van der Waals surface area contributed by atoms with Gasteiger partial charge in [0.1, 0.15) is 10.7 Å². The lowest BCUT2D eigenvalue weighted by Crippen LogP contribution is -2.08. The average molecular weight is 362 g/mol. The van der Waals surface area contributed by atoms with Crippen molar-refractivity contribution >= 4 is 27.5 Å². The van der Waals surface area contributed by atoms with Crippen LogP contribution in [0.2, 0.25) is 0 Å². The summed E-state index contributed by atoms with van der Waals surface area (Å²) in [7, 11) is 1.34. The summed E-state index contributed by atoms with van der Waals surface area (Å²) in [6.45, 7) is 0. The summed E-state index contributed by atoms with van der Waals surface area (Å²) in [6, 6.07) is 18.5. The maximum atomic E-state index is 12.5. The molecule has 1 N–H and O–H groups in total. The maximum Gasteiger partial charge on any atom is 0.337 e. The normalized spacial score (nSPS) is 10.8. The summed E-state index contributed by atoms with van der Waals surface area (Å²) in [5.74, 6) is 0.0691. The number of carbonyl (C=O) groups is 1. The second kappa shape index (κ2) is 6.57. The number of esters is 1. The molecule has 0 aliphatic heterocycles. The lowest BCUT2D eigenvalue weighted by Gasteiger charge is -2.03. The van der Waals surface area contributed by atoms with E-state index in [1.165, 1.54) is 18.4 Å². The minimum atomic E-state index is -0.404. The number of methoxy groups -OCH3 is 1. The molecule has 0 bridgehead atoms. The Morgan fingerprint density at radius 3 is 2.46 bits per heavy atom. The minimum Gasteiger partial charge on any atom is -0.465 e. The zero-order valence-electron chi connectivity index (χ0n) is 13.9. The third-order valence-corrected chi connectivity index (χ3v) is 5.12. The van der Waals surface area contributed by atoms with E-state index in [0.717, 1.165) is 16.0 Å². The monoisotopic (exact) mass is 362 g/mol. The van der Waals surface area contributed by atoms with E-state index in [1.807, 2.05) is 36.4 Å². The van der Waals surface area contributed by atoms with Crippen molar-refractivity contribution in [3.05, 3.63) is 76.6 Å². The number of aromatic nitrogens is 2. The number of hydrogen-bond donors (Lipinski definition) is 1. The van der Waals surface area contributed by atoms with Gasteiger partial charge in [-0.1, -0.05) is 42.5 Å². The van der Waals surface area contributed by atoms with Crippen molar-refractivity contribution in [1.29, 1.82) is 0 Å². The van der Waals surface area contributed by atoms with Crippen LogP contribution in [0.5, 0.6) is 0 Å². The lowest BCUT2D eigenvalue weighted by atomic mass is 10.1. The molecule has 4 aromatic rings. The third kappa shape index (κ3) is 2.91. The molecular weight excluding hydrogens is 348 g/mol. The van der Waals surface area contributed by atoms with Crippen LogP contribution in [0.4, 0.5) is 0 Å². The Kier molecular flexibility index (Phi) is 4.10. The molecule has 0 amide bonds. The highest BCUT2D eigenvalue weighted by molar-refractivity contribution is 7.21. The summed E-state index contributed by atoms with van der Waals surface area (Å²) >= 11 is 1.48. The predicted octanol–water partition coefficient (Wildman–Crippen LogP) is 4.11. The molecule has 2 aromatic carbocycles. The van der Waals surface area contributed by atoms with E-state index in [2.05, 4.69) is 9.97 Å². The molecule has 5 nitrogen and oxygen atoms in total. The molecular formula is C20H14N2O3S. The van der Waals surface area contributed by atoms with Crippen molar-refractivity contribution in [2.24, 2.45) is 0 Å². The third-order valence-electron chi connectivity index (χ3n) is 4.04. The highest BCUT2D eigenvalue weighted by Gasteiger charge is 2.12. The molecule has 2 aromatic heterocycles. The number of aromatic amines is 1. The van der Waals surface area contributed by atoms with Gasteiger partial charge < -0.3 is 9.72 Å². The first kappa shape index (κ1) is 16.2. The van der Waals surface area contributed by atoms with Crippen LogP contribution < -0.4 is 5.56 Å². The minimum absolute atomic E-state index is 0.180. The largest absolute Gasteiger partial charge is 0.465 e. The summed E-state index contributed by atoms with van der Waals surface area (Å²) in [4.78, 5) is 33.1. The number of hydrogen-bond acceptors (Lipinski definition) is 5. The van der Waals surface area contributed by atoms with Gasteiger partial charge in [-0.3, -0.25) is 4.79 Å². The van der Waals surface area contributed by atoms with Crippen LogP contribution in [0.3, 0.4) is 0 Å². The molecule has 26 heavy (non-hydrogen) atoms. The van der Waals surface area contributed by atoms with Crippen molar-refractivity contribution < 1.29 is 9.53 Å². The van der Waals surface area contributed by atoms with Gasteiger partial charge >= 0.3 is 5.97 Å². The molecule has 4 rings (SSSR count). The van der Waals surface area contributed by atoms with Crippen molar-refractivity contribution in [3.8, 4) is 21.8 Å². The van der Waals surface area contributed by atoms with E-state index >= 15 is 0 Å². The van der Waals surface area contributed by atoms with E-state index < -0.39 is 5.97 Å². The smallest absolute Gasteiger partial charge is 0.337 e. The Morgan fingerprint density at radius 1 is 1.04 bits per heavy atom. The standard InChI is InChI=1S/C20H14N2O3S/c1-25-20(24)14-9-7-13(8-10-14)17-21-18(23)15-11-16(26-19(15)22-17)12-5-3-2-4-6-12/h2-11H,1H3,(H,21,22,23). The highest BCUT2D eigenvalue weighted by atomic mass is 32.1. The Morgan fingerprint density at radius 2 is 1.77 bits per heavy atom. The number of rotatable bonds is 3. The number of benzene rings is 2. The molecule has 0 fully saturated rings. The van der Waals surface area contributed by atoms with Crippen LogP contribution in [0.1, 0.15) is 10.4 Å². The van der Waals surface area contributed by atoms with Crippen LogP contribution >= 0.6 is 11.3 Å². The van der Waals surface area contributed by atoms with Crippen molar-refractivity contribution in [2.45, 2.75) is 0 Å². The van der Waals surface area contributed by atoms with Gasteiger partial charge in [0.25, 0.3) is 5.56 Å². The van der Waals surface area contributed by atoms with E-state index in [1.54, 1.807) is 24.3 Å². The number of nitrogens with one attached hydrogen (secondary N) is 1. The van der Waals surface area contributed by atoms with E-state index in [-0.39, 0.29) is 5.56 Å². The van der Waals surface area contributed by atoms with Gasteiger partial charge in [-0.15, -0.1) is 11.3 Å². The Labute approximate surface area is 152 Å². The lowest BCUT2D eigenvalue weighted by molar-refractivity contribution is 0.0601. The summed E-state index contributed by atoms with van der Waals surface area (Å²) < 4.78 is 4.69. The fourth-order valence-corrected chi connectivity index (χ4v) is 3.73. The van der Waals surface area contributed by atoms with Gasteiger partial charge in [-0.2, -0.15) is 0 Å². The topological polar surface area (TPSA) is 72.0 Å². The van der Waals surface area contributed by atoms with Gasteiger partial charge in [0.05, 0.1) is 18.1 Å². The second-order valence-electron chi connectivity index (χ2n) is 5.68. The number of nitrogens with zero attached hydrogens (tertiary/aromatic N) is 1. The molecule has 0 spiro atoms. The van der Waals surface area contributed by atoms with Crippen molar-refractivity contribution in [3.63, 3.8) is 0 Å². The van der Waals surface area contributed by atoms with Gasteiger partial charge in [0, 0.05) is 10.4 Å². The molecule has 0 aliphatic carbocycles. The molecule has 0 saturated carbocycles. The number of ether oxygens (including phenoxy) is 1. The summed E-state index contributed by atoms with van der Waals surface area (Å²) in [6.07, 6.45) is 0. The first-order valence-corrected chi connectivity index (χ1v) is 8.75. The SMILES string of the molecule is COC(=O)c1ccc(-c2nc3sc(-c4ccccc4)cc3c(=O)[nH]2)cc1. The molecule has 6 heteroatoms. The number of thiophene rings is 1. The fraction of sp³-hybridized carbons (Fsp3) is 0.0500. The number of H-pyrrole nitrogens is 1. The maximum absolute atomic E-state index is 12.5. The average Bonchev–Trinajstić information content (AvgIpc) is 3.13. The van der Waals surface area contributed by atoms with Crippen molar-refractivity contribution in [2.75, 3.05) is 7.11 Å². The quantitative estimate of drug-likeness (QED) is 0.557. The molecule has 0 atom stereocenters. The summed E-state index contributed by atoms with van der Waals surface area (Å²) in [5, 5.41) is 0.573. The highest BCUT2D eigenvalue weighted by Crippen LogP contribution is 2.31. The van der Waals surface area contributed by atoms with Gasteiger partial charge in [0.2, 0.25) is 0 Å². The van der Waals surface area contributed by atoms with Gasteiger partial charge in [-0.25, -0.2) is 9.78 Å². The Bertz CT molecular complexity index is 1150. The zero-order chi connectivity index (χ0) is 18.1. The van der Waals surface area contributed by atoms with Crippen molar-refractivity contribution in [1.82, 2.24) is 9.97 Å². The Balaban J connectivity index is 1.77. The molecule has 128 valence electrons. The first-order chi connectivity index (χ1) is 12.7. The first-order valence-electron chi connectivity index (χ1n) is 7.94. The predicted molar refractivity (Wildman–Crippen MR) is 102 cm³/mol. The van der Waals surface area contributed by atoms with Crippen LogP contribution in [-0.4, -0.2) is 23.0 Å². The van der Waals surface area contributed by atoms with Crippen LogP contribution in [-0.2, 0) is 4.74 Å². The van der Waals surface area contributed by atoms with Gasteiger partial charge in [0.15, 0.2) is 0 Å². The fourth-order valence-electron chi connectivity index (χ4n) is 2.69. The molecule has 0 aliphatic rings. The number of carbonyl (C=O) groups excluding carboxylic acids is 1. The number of fused-ring (bicyclic) bond motifs is 1. The molecule has 0 unspecified atom stereocenters. The zero-order valence-corrected chi connectivity index (χ0v) is 14.7. The van der Waals surface area contributed by atoms with E-state index in [0.29, 0.717) is 21.6 Å². The van der Waals surface area contributed by atoms with Gasteiger partial charge in [-0.05, 0) is 23.8 Å². The second-order valence-corrected chi connectivity index (χ2v) is 6.71. The molecule has 2 heterocycles. The molecule has 0 saturated heterocycles. The summed E-state index contributed by atoms with van der Waals surface area (Å²) in [5.41, 5.74) is 2.05. The van der Waals surface area contributed by atoms with Crippen LogP contribution in [0, 0.1) is 0 Å². The van der Waals surface area contributed by atoms with E-state index in [4.69, 9.17) is 4.74 Å². The Hall–Kier alpha value is -3.25. The van der Waals surface area contributed by atoms with E-state index in [9.17, 15) is 9.59 Å². The van der Waals surface area contributed by atoms with Crippen LogP contribution in [0.25, 0.3) is 32.0 Å². The van der Waals surface area contributed by atoms with Crippen LogP contribution in [0.15, 0.2) is 65.5 Å².